The summed E-state index contributed by atoms with van der Waals surface area (Å²) in [6.45, 7) is 0. The summed E-state index contributed by atoms with van der Waals surface area (Å²) in [6, 6.07) is 47.6. The SMILES string of the molecule is C(=C\c1c2ccccc2c(-c2ccccc2)c2ccccc12)/c1ccc(-c2ccccc2)cc1. The second-order valence-electron chi connectivity index (χ2n) is 8.57. The van der Waals surface area contributed by atoms with Crippen molar-refractivity contribution in [2.24, 2.45) is 0 Å². The highest BCUT2D eigenvalue weighted by molar-refractivity contribution is 6.18. The molecule has 0 aliphatic heterocycles. The monoisotopic (exact) mass is 432 g/mol. The van der Waals surface area contributed by atoms with Crippen LogP contribution in [0.5, 0.6) is 0 Å². The first-order valence-electron chi connectivity index (χ1n) is 11.7. The molecule has 0 N–H and O–H groups in total. The Morgan fingerprint density at radius 1 is 0.324 bits per heavy atom. The quantitative estimate of drug-likeness (QED) is 0.192. The molecule has 0 unspecified atom stereocenters. The van der Waals surface area contributed by atoms with E-state index in [9.17, 15) is 0 Å². The fourth-order valence-corrected chi connectivity index (χ4v) is 4.85. The molecule has 6 aromatic carbocycles. The van der Waals surface area contributed by atoms with Gasteiger partial charge < -0.3 is 0 Å². The van der Waals surface area contributed by atoms with Crippen LogP contribution in [0.1, 0.15) is 11.1 Å². The maximum absolute atomic E-state index is 2.27. The predicted molar refractivity (Wildman–Crippen MR) is 148 cm³/mol. The Morgan fingerprint density at radius 2 is 0.765 bits per heavy atom. The zero-order chi connectivity index (χ0) is 22.7. The molecule has 0 aliphatic carbocycles. The van der Waals surface area contributed by atoms with E-state index in [1.165, 1.54) is 54.9 Å². The van der Waals surface area contributed by atoms with Crippen LogP contribution in [0, 0.1) is 0 Å². The van der Waals surface area contributed by atoms with Crippen LogP contribution >= 0.6 is 0 Å². The highest BCUT2D eigenvalue weighted by Crippen LogP contribution is 2.39. The lowest BCUT2D eigenvalue weighted by Gasteiger charge is -2.15. The fourth-order valence-electron chi connectivity index (χ4n) is 4.85. The molecule has 0 amide bonds. The van der Waals surface area contributed by atoms with Crippen molar-refractivity contribution in [2.45, 2.75) is 0 Å². The first-order valence-corrected chi connectivity index (χ1v) is 11.7. The number of fused-ring (bicyclic) bond motifs is 2. The topological polar surface area (TPSA) is 0 Å². The summed E-state index contributed by atoms with van der Waals surface area (Å²) in [5.74, 6) is 0. The van der Waals surface area contributed by atoms with Gasteiger partial charge in [-0.2, -0.15) is 0 Å². The van der Waals surface area contributed by atoms with Crippen LogP contribution in [-0.2, 0) is 0 Å². The van der Waals surface area contributed by atoms with Crippen LogP contribution in [-0.4, -0.2) is 0 Å². The molecule has 0 saturated carbocycles. The maximum atomic E-state index is 2.27. The van der Waals surface area contributed by atoms with Gasteiger partial charge in [0.15, 0.2) is 0 Å². The maximum Gasteiger partial charge on any atom is -0.00264 e. The zero-order valence-electron chi connectivity index (χ0n) is 18.9. The third-order valence-electron chi connectivity index (χ3n) is 6.50. The van der Waals surface area contributed by atoms with Gasteiger partial charge in [-0.15, -0.1) is 0 Å². The Balaban J connectivity index is 1.49. The van der Waals surface area contributed by atoms with Gasteiger partial charge in [-0.1, -0.05) is 146 Å². The second-order valence-corrected chi connectivity index (χ2v) is 8.57. The largest absolute Gasteiger partial charge is 0.0622 e. The summed E-state index contributed by atoms with van der Waals surface area (Å²) in [4.78, 5) is 0. The number of rotatable bonds is 4. The van der Waals surface area contributed by atoms with Crippen molar-refractivity contribution in [3.63, 3.8) is 0 Å². The third kappa shape index (κ3) is 3.70. The standard InChI is InChI=1S/C34H24/c1-3-11-26(12-4-1)27-22-19-25(20-23-27)21-24-31-29-15-7-9-17-32(29)34(28-13-5-2-6-14-28)33-18-10-8-16-30(31)33/h1-24H/b24-21+. The Hall–Kier alpha value is -4.42. The predicted octanol–water partition coefficient (Wildman–Crippen LogP) is 9.50. The van der Waals surface area contributed by atoms with E-state index in [1.807, 2.05) is 0 Å². The van der Waals surface area contributed by atoms with Gasteiger partial charge in [0.25, 0.3) is 0 Å². The molecule has 0 fully saturated rings. The Bertz CT molecular complexity index is 1550. The average Bonchev–Trinajstić information content (AvgIpc) is 2.92. The first-order chi connectivity index (χ1) is 16.9. The molecule has 34 heavy (non-hydrogen) atoms. The van der Waals surface area contributed by atoms with Crippen molar-refractivity contribution < 1.29 is 0 Å². The second kappa shape index (κ2) is 8.84. The fraction of sp³-hybridized carbons (Fsp3) is 0. The van der Waals surface area contributed by atoms with Gasteiger partial charge in [0.2, 0.25) is 0 Å². The van der Waals surface area contributed by atoms with Crippen molar-refractivity contribution in [1.29, 1.82) is 0 Å². The molecule has 0 aromatic heterocycles. The van der Waals surface area contributed by atoms with Crippen LogP contribution in [0.3, 0.4) is 0 Å². The first kappa shape index (κ1) is 20.2. The number of benzene rings is 6. The van der Waals surface area contributed by atoms with E-state index in [-0.39, 0.29) is 0 Å². The van der Waals surface area contributed by atoms with Gasteiger partial charge in [-0.05, 0) is 54.9 Å². The molecule has 0 radical (unpaired) electrons. The minimum Gasteiger partial charge on any atom is -0.0622 e. The highest BCUT2D eigenvalue weighted by Gasteiger charge is 2.13. The van der Waals surface area contributed by atoms with E-state index in [2.05, 4.69) is 146 Å². The summed E-state index contributed by atoms with van der Waals surface area (Å²) >= 11 is 0. The molecular weight excluding hydrogens is 408 g/mol. The van der Waals surface area contributed by atoms with Gasteiger partial charge in [-0.25, -0.2) is 0 Å². The zero-order valence-corrected chi connectivity index (χ0v) is 18.9. The van der Waals surface area contributed by atoms with Crippen LogP contribution < -0.4 is 0 Å². The molecule has 0 nitrogen and oxygen atoms in total. The lowest BCUT2D eigenvalue weighted by Crippen LogP contribution is -1.89. The minimum absolute atomic E-state index is 1.19. The summed E-state index contributed by atoms with van der Waals surface area (Å²) in [5, 5.41) is 5.12. The summed E-state index contributed by atoms with van der Waals surface area (Å²) in [7, 11) is 0. The normalized spacial score (nSPS) is 11.4. The van der Waals surface area contributed by atoms with E-state index in [0.29, 0.717) is 0 Å². The average molecular weight is 433 g/mol. The van der Waals surface area contributed by atoms with Crippen molar-refractivity contribution >= 4 is 33.7 Å². The Kier molecular flexibility index (Phi) is 5.26. The van der Waals surface area contributed by atoms with Crippen LogP contribution in [0.15, 0.2) is 133 Å². The molecule has 0 heterocycles. The summed E-state index contributed by atoms with van der Waals surface area (Å²) in [5.41, 5.74) is 7.49. The van der Waals surface area contributed by atoms with Crippen molar-refractivity contribution in [3.8, 4) is 22.3 Å². The van der Waals surface area contributed by atoms with Crippen molar-refractivity contribution in [2.75, 3.05) is 0 Å². The summed E-state index contributed by atoms with van der Waals surface area (Å²) < 4.78 is 0. The smallest absolute Gasteiger partial charge is 0.00264 e. The van der Waals surface area contributed by atoms with Gasteiger partial charge in [0, 0.05) is 0 Å². The third-order valence-corrected chi connectivity index (χ3v) is 6.50. The van der Waals surface area contributed by atoms with E-state index in [0.717, 1.165) is 0 Å². The molecule has 0 bridgehead atoms. The van der Waals surface area contributed by atoms with Gasteiger partial charge in [0.1, 0.15) is 0 Å². The van der Waals surface area contributed by atoms with E-state index in [1.54, 1.807) is 0 Å². The molecule has 0 heteroatoms. The molecule has 0 saturated heterocycles. The van der Waals surface area contributed by atoms with Crippen LogP contribution in [0.25, 0.3) is 56.0 Å². The molecule has 0 atom stereocenters. The minimum atomic E-state index is 1.19. The molecule has 6 rings (SSSR count). The van der Waals surface area contributed by atoms with Crippen molar-refractivity contribution in [3.05, 3.63) is 145 Å². The molecule has 0 aliphatic rings. The molecule has 6 aromatic rings. The number of hydrogen-bond acceptors (Lipinski definition) is 0. The molecule has 0 spiro atoms. The van der Waals surface area contributed by atoms with Gasteiger partial charge >= 0.3 is 0 Å². The van der Waals surface area contributed by atoms with E-state index in [4.69, 9.17) is 0 Å². The van der Waals surface area contributed by atoms with Gasteiger partial charge in [-0.3, -0.25) is 0 Å². The lowest BCUT2D eigenvalue weighted by atomic mass is 9.88. The van der Waals surface area contributed by atoms with E-state index >= 15 is 0 Å². The summed E-state index contributed by atoms with van der Waals surface area (Å²) in [6.07, 6.45) is 4.50. The van der Waals surface area contributed by atoms with Crippen LogP contribution in [0.2, 0.25) is 0 Å². The Morgan fingerprint density at radius 3 is 1.32 bits per heavy atom. The molecular formula is C34H24. The highest BCUT2D eigenvalue weighted by atomic mass is 14.2. The van der Waals surface area contributed by atoms with Crippen molar-refractivity contribution in [1.82, 2.24) is 0 Å². The lowest BCUT2D eigenvalue weighted by molar-refractivity contribution is 1.60. The number of hydrogen-bond donors (Lipinski definition) is 0. The van der Waals surface area contributed by atoms with E-state index < -0.39 is 0 Å². The Labute approximate surface area is 200 Å². The van der Waals surface area contributed by atoms with Gasteiger partial charge in [0.05, 0.1) is 0 Å². The molecule has 160 valence electrons. The van der Waals surface area contributed by atoms with Crippen LogP contribution in [0.4, 0.5) is 0 Å².